The third kappa shape index (κ3) is 3.74. The van der Waals surface area contributed by atoms with E-state index in [1.54, 1.807) is 7.11 Å². The van der Waals surface area contributed by atoms with Crippen molar-refractivity contribution in [1.29, 1.82) is 0 Å². The highest BCUT2D eigenvalue weighted by molar-refractivity contribution is 5.54. The summed E-state index contributed by atoms with van der Waals surface area (Å²) in [6.45, 7) is 4.83. The molecular formula is C13H21NO2. The van der Waals surface area contributed by atoms with Crippen LogP contribution in [0, 0.1) is 0 Å². The summed E-state index contributed by atoms with van der Waals surface area (Å²) in [6.07, 6.45) is 1.98. The van der Waals surface area contributed by atoms with Crippen molar-refractivity contribution in [2.75, 3.05) is 19.5 Å². The van der Waals surface area contributed by atoms with E-state index in [-0.39, 0.29) is 6.10 Å². The number of rotatable bonds is 6. The number of anilines is 1. The molecule has 0 amide bonds. The van der Waals surface area contributed by atoms with Crippen LogP contribution in [0.4, 0.5) is 5.69 Å². The van der Waals surface area contributed by atoms with Crippen LogP contribution in [0.25, 0.3) is 0 Å². The Morgan fingerprint density at radius 2 is 2.12 bits per heavy atom. The van der Waals surface area contributed by atoms with Crippen LogP contribution in [0.3, 0.4) is 0 Å². The van der Waals surface area contributed by atoms with Crippen LogP contribution >= 0.6 is 0 Å². The molecule has 1 aromatic carbocycles. The smallest absolute Gasteiger partial charge is 0.142 e. The molecular weight excluding hydrogens is 202 g/mol. The van der Waals surface area contributed by atoms with E-state index in [0.29, 0.717) is 12.3 Å². The van der Waals surface area contributed by atoms with Gasteiger partial charge in [0.05, 0.1) is 11.8 Å². The number of hydrogen-bond donors (Lipinski definition) is 1. The Morgan fingerprint density at radius 1 is 1.38 bits per heavy atom. The van der Waals surface area contributed by atoms with E-state index < -0.39 is 0 Å². The van der Waals surface area contributed by atoms with Gasteiger partial charge in [0.25, 0.3) is 0 Å². The van der Waals surface area contributed by atoms with Crippen LogP contribution in [-0.4, -0.2) is 19.8 Å². The highest BCUT2D eigenvalue weighted by Crippen LogP contribution is 2.24. The van der Waals surface area contributed by atoms with Gasteiger partial charge < -0.3 is 15.2 Å². The normalized spacial score (nSPS) is 12.4. The molecule has 0 radical (unpaired) electrons. The Labute approximate surface area is 97.6 Å². The van der Waals surface area contributed by atoms with Gasteiger partial charge in [-0.25, -0.2) is 0 Å². The van der Waals surface area contributed by atoms with Gasteiger partial charge in [0.15, 0.2) is 0 Å². The fraction of sp³-hybridized carbons (Fsp3) is 0.538. The molecule has 0 aromatic heterocycles. The first kappa shape index (κ1) is 12.8. The van der Waals surface area contributed by atoms with Gasteiger partial charge in [-0.2, -0.15) is 0 Å². The third-order valence-electron chi connectivity index (χ3n) is 2.54. The van der Waals surface area contributed by atoms with Crippen molar-refractivity contribution in [2.45, 2.75) is 32.8 Å². The standard InChI is InChI=1S/C13H21NO2/c1-4-11-5-6-13(12(14)9-11)16-10(2)7-8-15-3/h5-6,9-10H,4,7-8,14H2,1-3H3. The summed E-state index contributed by atoms with van der Waals surface area (Å²) in [5.74, 6) is 0.765. The maximum absolute atomic E-state index is 5.92. The summed E-state index contributed by atoms with van der Waals surface area (Å²) in [6, 6.07) is 5.96. The zero-order valence-electron chi connectivity index (χ0n) is 10.3. The van der Waals surface area contributed by atoms with E-state index >= 15 is 0 Å². The van der Waals surface area contributed by atoms with E-state index in [2.05, 4.69) is 13.0 Å². The third-order valence-corrected chi connectivity index (χ3v) is 2.54. The summed E-state index contributed by atoms with van der Waals surface area (Å²) < 4.78 is 10.7. The lowest BCUT2D eigenvalue weighted by atomic mass is 10.1. The number of nitrogens with two attached hydrogens (primary N) is 1. The molecule has 0 aliphatic heterocycles. The summed E-state index contributed by atoms with van der Waals surface area (Å²) in [7, 11) is 1.69. The molecule has 16 heavy (non-hydrogen) atoms. The minimum atomic E-state index is 0.120. The van der Waals surface area contributed by atoms with Crippen LogP contribution in [0.1, 0.15) is 25.8 Å². The molecule has 2 N–H and O–H groups in total. The van der Waals surface area contributed by atoms with Crippen molar-refractivity contribution >= 4 is 5.69 Å². The first-order valence-corrected chi connectivity index (χ1v) is 5.71. The number of ether oxygens (including phenoxy) is 2. The molecule has 1 unspecified atom stereocenters. The van der Waals surface area contributed by atoms with Crippen molar-refractivity contribution in [3.05, 3.63) is 23.8 Å². The molecule has 90 valence electrons. The molecule has 0 saturated heterocycles. The van der Waals surface area contributed by atoms with Crippen LogP contribution in [0.15, 0.2) is 18.2 Å². The van der Waals surface area contributed by atoms with Crippen LogP contribution < -0.4 is 10.5 Å². The summed E-state index contributed by atoms with van der Waals surface area (Å²) >= 11 is 0. The summed E-state index contributed by atoms with van der Waals surface area (Å²) in [5, 5.41) is 0. The van der Waals surface area contributed by atoms with Crippen molar-refractivity contribution in [2.24, 2.45) is 0 Å². The minimum Gasteiger partial charge on any atom is -0.488 e. The van der Waals surface area contributed by atoms with Gasteiger partial charge >= 0.3 is 0 Å². The monoisotopic (exact) mass is 223 g/mol. The Hall–Kier alpha value is -1.22. The average molecular weight is 223 g/mol. The second-order valence-corrected chi connectivity index (χ2v) is 3.94. The van der Waals surface area contributed by atoms with E-state index in [0.717, 1.165) is 18.6 Å². The Kier molecular flexibility index (Phi) is 5.12. The molecule has 0 fully saturated rings. The molecule has 0 aliphatic carbocycles. The molecule has 0 aliphatic rings. The molecule has 1 rings (SSSR count). The summed E-state index contributed by atoms with van der Waals surface area (Å²) in [4.78, 5) is 0. The van der Waals surface area contributed by atoms with Crippen LogP contribution in [0.2, 0.25) is 0 Å². The molecule has 1 aromatic rings. The second kappa shape index (κ2) is 6.38. The van der Waals surface area contributed by atoms with Crippen LogP contribution in [-0.2, 0) is 11.2 Å². The van der Waals surface area contributed by atoms with Gasteiger partial charge in [-0.3, -0.25) is 0 Å². The first-order chi connectivity index (χ1) is 7.67. The zero-order valence-corrected chi connectivity index (χ0v) is 10.3. The van der Waals surface area contributed by atoms with Crippen LogP contribution in [0.5, 0.6) is 5.75 Å². The molecule has 3 nitrogen and oxygen atoms in total. The summed E-state index contributed by atoms with van der Waals surface area (Å²) in [5.41, 5.74) is 7.86. The molecule has 0 heterocycles. The first-order valence-electron chi connectivity index (χ1n) is 5.71. The average Bonchev–Trinajstić information content (AvgIpc) is 2.29. The Bertz CT molecular complexity index is 326. The van der Waals surface area contributed by atoms with E-state index in [1.807, 2.05) is 19.1 Å². The van der Waals surface area contributed by atoms with Gasteiger partial charge in [0.2, 0.25) is 0 Å². The highest BCUT2D eigenvalue weighted by atomic mass is 16.5. The lowest BCUT2D eigenvalue weighted by Gasteiger charge is -2.16. The van der Waals surface area contributed by atoms with Crippen molar-refractivity contribution in [3.63, 3.8) is 0 Å². The zero-order chi connectivity index (χ0) is 12.0. The van der Waals surface area contributed by atoms with Gasteiger partial charge in [-0.15, -0.1) is 0 Å². The topological polar surface area (TPSA) is 44.5 Å². The van der Waals surface area contributed by atoms with E-state index in [1.165, 1.54) is 5.56 Å². The number of methoxy groups -OCH3 is 1. The highest BCUT2D eigenvalue weighted by Gasteiger charge is 2.06. The number of aryl methyl sites for hydroxylation is 1. The predicted molar refractivity (Wildman–Crippen MR) is 66.8 cm³/mol. The molecule has 3 heteroatoms. The second-order valence-electron chi connectivity index (χ2n) is 3.94. The SMILES string of the molecule is CCc1ccc(OC(C)CCOC)c(N)c1. The Morgan fingerprint density at radius 3 is 2.69 bits per heavy atom. The van der Waals surface area contributed by atoms with E-state index in [9.17, 15) is 0 Å². The van der Waals surface area contributed by atoms with Gasteiger partial charge in [-0.05, 0) is 31.0 Å². The predicted octanol–water partition coefficient (Wildman–Crippen LogP) is 2.63. The number of hydrogen-bond acceptors (Lipinski definition) is 3. The molecule has 0 bridgehead atoms. The number of benzene rings is 1. The van der Waals surface area contributed by atoms with Gasteiger partial charge in [0, 0.05) is 20.1 Å². The van der Waals surface area contributed by atoms with Crippen molar-refractivity contribution in [3.8, 4) is 5.75 Å². The van der Waals surface area contributed by atoms with Gasteiger partial charge in [-0.1, -0.05) is 13.0 Å². The lowest BCUT2D eigenvalue weighted by Crippen LogP contribution is -2.15. The van der Waals surface area contributed by atoms with E-state index in [4.69, 9.17) is 15.2 Å². The van der Waals surface area contributed by atoms with Crippen molar-refractivity contribution < 1.29 is 9.47 Å². The Balaban J connectivity index is 2.59. The fourth-order valence-corrected chi connectivity index (χ4v) is 1.48. The maximum Gasteiger partial charge on any atom is 0.142 e. The quantitative estimate of drug-likeness (QED) is 0.754. The van der Waals surface area contributed by atoms with Gasteiger partial charge in [0.1, 0.15) is 5.75 Å². The molecule has 0 saturated carbocycles. The lowest BCUT2D eigenvalue weighted by molar-refractivity contribution is 0.135. The largest absolute Gasteiger partial charge is 0.488 e. The maximum atomic E-state index is 5.92. The number of nitrogen functional groups attached to an aromatic ring is 1. The minimum absolute atomic E-state index is 0.120. The molecule has 1 atom stereocenters. The van der Waals surface area contributed by atoms with Crippen molar-refractivity contribution in [1.82, 2.24) is 0 Å². The molecule has 0 spiro atoms. The fourth-order valence-electron chi connectivity index (χ4n) is 1.48.